The monoisotopic (exact) mass is 348 g/mol. The molecule has 1 spiro atoms. The number of rotatable bonds is 6. The molecular formula is C19H28N2O4. The van der Waals surface area contributed by atoms with E-state index in [4.69, 9.17) is 14.2 Å². The van der Waals surface area contributed by atoms with Gasteiger partial charge in [-0.1, -0.05) is 0 Å². The average molecular weight is 348 g/mol. The molecule has 1 amide bonds. The maximum Gasteiger partial charge on any atom is 0.257 e. The molecule has 3 rings (SSSR count). The summed E-state index contributed by atoms with van der Waals surface area (Å²) in [5.74, 6) is 1.28. The molecule has 0 aromatic heterocycles. The number of carbonyl (C=O) groups is 1. The first-order valence-electron chi connectivity index (χ1n) is 8.89. The Morgan fingerprint density at radius 2 is 2.00 bits per heavy atom. The Hall–Kier alpha value is -1.79. The molecule has 2 fully saturated rings. The first-order chi connectivity index (χ1) is 12.1. The molecule has 0 unspecified atom stereocenters. The summed E-state index contributed by atoms with van der Waals surface area (Å²) in [5.41, 5.74) is 0.695. The Morgan fingerprint density at radius 1 is 1.16 bits per heavy atom. The van der Waals surface area contributed by atoms with E-state index in [1.165, 1.54) is 0 Å². The van der Waals surface area contributed by atoms with Gasteiger partial charge in [0.05, 0.1) is 26.4 Å². The summed E-state index contributed by atoms with van der Waals surface area (Å²) in [4.78, 5) is 17.6. The zero-order chi connectivity index (χ0) is 17.9. The summed E-state index contributed by atoms with van der Waals surface area (Å²) in [7, 11) is 4.93. The van der Waals surface area contributed by atoms with Crippen LogP contribution in [0.1, 0.15) is 29.6 Å². The van der Waals surface area contributed by atoms with E-state index in [2.05, 4.69) is 4.90 Å². The molecule has 0 aliphatic carbocycles. The number of piperidine rings is 1. The lowest BCUT2D eigenvalue weighted by molar-refractivity contribution is -0.0679. The van der Waals surface area contributed by atoms with Crippen LogP contribution >= 0.6 is 0 Å². The van der Waals surface area contributed by atoms with Gasteiger partial charge in [-0.3, -0.25) is 9.69 Å². The quantitative estimate of drug-likeness (QED) is 0.787. The lowest BCUT2D eigenvalue weighted by atomic mass is 9.77. The van der Waals surface area contributed by atoms with Crippen molar-refractivity contribution in [3.8, 4) is 11.5 Å². The van der Waals surface area contributed by atoms with Crippen LogP contribution in [0.5, 0.6) is 11.5 Å². The molecule has 1 aromatic rings. The minimum Gasteiger partial charge on any atom is -0.497 e. The van der Waals surface area contributed by atoms with E-state index in [1.54, 1.807) is 33.5 Å². The third kappa shape index (κ3) is 3.46. The molecule has 138 valence electrons. The van der Waals surface area contributed by atoms with Crippen LogP contribution in [0, 0.1) is 0 Å². The third-order valence-electron chi connectivity index (χ3n) is 5.56. The number of ether oxygens (including phenoxy) is 3. The van der Waals surface area contributed by atoms with Gasteiger partial charge in [-0.15, -0.1) is 0 Å². The standard InChI is InChI=1S/C19H28N2O4/c1-23-12-11-21-10-8-19(21)7-4-9-20(14-19)18(22)16-13-15(24-2)5-6-17(16)25-3/h5-6,13H,4,7-12,14H2,1-3H3/t19-/m1/s1. The molecule has 6 nitrogen and oxygen atoms in total. The Kier molecular flexibility index (Phi) is 5.49. The van der Waals surface area contributed by atoms with Crippen LogP contribution in [0.4, 0.5) is 0 Å². The molecule has 2 heterocycles. The lowest BCUT2D eigenvalue weighted by Gasteiger charge is -2.57. The number of hydrogen-bond acceptors (Lipinski definition) is 5. The fourth-order valence-corrected chi connectivity index (χ4v) is 4.04. The normalized spacial score (nSPS) is 23.4. The smallest absolute Gasteiger partial charge is 0.257 e. The van der Waals surface area contributed by atoms with E-state index >= 15 is 0 Å². The number of benzene rings is 1. The topological polar surface area (TPSA) is 51.2 Å². The van der Waals surface area contributed by atoms with E-state index in [0.29, 0.717) is 17.1 Å². The van der Waals surface area contributed by atoms with Crippen molar-refractivity contribution >= 4 is 5.91 Å². The van der Waals surface area contributed by atoms with Gasteiger partial charge in [-0.05, 0) is 37.5 Å². The van der Waals surface area contributed by atoms with Crippen molar-refractivity contribution in [3.63, 3.8) is 0 Å². The van der Waals surface area contributed by atoms with Gasteiger partial charge in [0.1, 0.15) is 11.5 Å². The summed E-state index contributed by atoms with van der Waals surface area (Å²) in [5, 5.41) is 0. The number of hydrogen-bond donors (Lipinski definition) is 0. The van der Waals surface area contributed by atoms with E-state index < -0.39 is 0 Å². The van der Waals surface area contributed by atoms with Crippen molar-refractivity contribution in [2.24, 2.45) is 0 Å². The zero-order valence-corrected chi connectivity index (χ0v) is 15.4. The van der Waals surface area contributed by atoms with Crippen molar-refractivity contribution in [2.75, 3.05) is 54.1 Å². The van der Waals surface area contributed by atoms with Crippen LogP contribution in [0.15, 0.2) is 18.2 Å². The molecule has 2 aliphatic rings. The van der Waals surface area contributed by atoms with Gasteiger partial charge in [-0.25, -0.2) is 0 Å². The average Bonchev–Trinajstić information content (AvgIpc) is 2.66. The van der Waals surface area contributed by atoms with Crippen molar-refractivity contribution in [3.05, 3.63) is 23.8 Å². The maximum absolute atomic E-state index is 13.1. The highest BCUT2D eigenvalue weighted by molar-refractivity contribution is 5.97. The Balaban J connectivity index is 1.76. The molecule has 6 heteroatoms. The van der Waals surface area contributed by atoms with Gasteiger partial charge in [0, 0.05) is 38.8 Å². The van der Waals surface area contributed by atoms with Gasteiger partial charge >= 0.3 is 0 Å². The molecule has 25 heavy (non-hydrogen) atoms. The van der Waals surface area contributed by atoms with Crippen molar-refractivity contribution in [1.29, 1.82) is 0 Å². The summed E-state index contributed by atoms with van der Waals surface area (Å²) in [6, 6.07) is 5.37. The minimum atomic E-state index is 0.0217. The van der Waals surface area contributed by atoms with Crippen LogP contribution in [-0.2, 0) is 4.74 Å². The number of carbonyl (C=O) groups excluding carboxylic acids is 1. The number of nitrogens with zero attached hydrogens (tertiary/aromatic N) is 2. The van der Waals surface area contributed by atoms with Crippen molar-refractivity contribution in [1.82, 2.24) is 9.80 Å². The van der Waals surface area contributed by atoms with Crippen LogP contribution in [0.2, 0.25) is 0 Å². The molecule has 2 aliphatic heterocycles. The van der Waals surface area contributed by atoms with E-state index in [9.17, 15) is 4.79 Å². The van der Waals surface area contributed by atoms with Gasteiger partial charge in [0.25, 0.3) is 5.91 Å². The van der Waals surface area contributed by atoms with Crippen LogP contribution in [0.25, 0.3) is 0 Å². The fraction of sp³-hybridized carbons (Fsp3) is 0.632. The largest absolute Gasteiger partial charge is 0.497 e. The van der Waals surface area contributed by atoms with Crippen LogP contribution in [-0.4, -0.2) is 75.4 Å². The maximum atomic E-state index is 13.1. The highest BCUT2D eigenvalue weighted by atomic mass is 16.5. The lowest BCUT2D eigenvalue weighted by Crippen LogP contribution is -2.67. The van der Waals surface area contributed by atoms with Crippen molar-refractivity contribution in [2.45, 2.75) is 24.8 Å². The highest BCUT2D eigenvalue weighted by Crippen LogP contribution is 2.39. The fourth-order valence-electron chi connectivity index (χ4n) is 4.04. The number of amides is 1. The van der Waals surface area contributed by atoms with E-state index in [1.807, 2.05) is 11.0 Å². The predicted octanol–water partition coefficient (Wildman–Crippen LogP) is 2.03. The van der Waals surface area contributed by atoms with E-state index in [-0.39, 0.29) is 11.4 Å². The molecule has 1 atom stereocenters. The second-order valence-electron chi connectivity index (χ2n) is 6.85. The number of likely N-dealkylation sites (tertiary alicyclic amines) is 2. The van der Waals surface area contributed by atoms with Crippen LogP contribution < -0.4 is 9.47 Å². The Bertz CT molecular complexity index is 621. The highest BCUT2D eigenvalue weighted by Gasteiger charge is 2.47. The number of methoxy groups -OCH3 is 3. The molecular weight excluding hydrogens is 320 g/mol. The first kappa shape index (κ1) is 18.0. The summed E-state index contributed by atoms with van der Waals surface area (Å²) < 4.78 is 15.9. The first-order valence-corrected chi connectivity index (χ1v) is 8.89. The minimum absolute atomic E-state index is 0.0217. The Labute approximate surface area is 149 Å². The third-order valence-corrected chi connectivity index (χ3v) is 5.56. The molecule has 2 saturated heterocycles. The molecule has 0 radical (unpaired) electrons. The molecule has 0 saturated carbocycles. The van der Waals surface area contributed by atoms with Gasteiger partial charge in [0.15, 0.2) is 0 Å². The SMILES string of the molecule is COCCN1CC[C@@]12CCCN(C(=O)c1cc(OC)ccc1OC)C2. The van der Waals surface area contributed by atoms with Crippen LogP contribution in [0.3, 0.4) is 0 Å². The predicted molar refractivity (Wildman–Crippen MR) is 95.5 cm³/mol. The van der Waals surface area contributed by atoms with Gasteiger partial charge in [-0.2, -0.15) is 0 Å². The summed E-state index contributed by atoms with van der Waals surface area (Å²) >= 11 is 0. The summed E-state index contributed by atoms with van der Waals surface area (Å²) in [6.07, 6.45) is 3.33. The molecule has 0 N–H and O–H groups in total. The summed E-state index contributed by atoms with van der Waals surface area (Å²) in [6.45, 7) is 4.32. The zero-order valence-electron chi connectivity index (χ0n) is 15.4. The van der Waals surface area contributed by atoms with Crippen molar-refractivity contribution < 1.29 is 19.0 Å². The Morgan fingerprint density at radius 3 is 2.64 bits per heavy atom. The van der Waals surface area contributed by atoms with Gasteiger partial charge in [0.2, 0.25) is 0 Å². The van der Waals surface area contributed by atoms with E-state index in [0.717, 1.165) is 52.0 Å². The van der Waals surface area contributed by atoms with Gasteiger partial charge < -0.3 is 19.1 Å². The second kappa shape index (κ2) is 7.62. The second-order valence-corrected chi connectivity index (χ2v) is 6.85. The molecule has 0 bridgehead atoms. The molecule has 1 aromatic carbocycles.